The van der Waals surface area contributed by atoms with E-state index in [1.165, 1.54) is 6.07 Å². The van der Waals surface area contributed by atoms with Gasteiger partial charge in [-0.1, -0.05) is 19.9 Å². The molecule has 0 saturated carbocycles. The van der Waals surface area contributed by atoms with Crippen LogP contribution in [0.15, 0.2) is 28.2 Å². The highest BCUT2D eigenvalue weighted by Crippen LogP contribution is 2.28. The topological polar surface area (TPSA) is 123 Å². The van der Waals surface area contributed by atoms with E-state index in [0.717, 1.165) is 12.1 Å². The van der Waals surface area contributed by atoms with Gasteiger partial charge in [0.2, 0.25) is 0 Å². The van der Waals surface area contributed by atoms with Gasteiger partial charge in [-0.25, -0.2) is 0 Å². The van der Waals surface area contributed by atoms with Gasteiger partial charge in [0.25, 0.3) is 5.69 Å². The van der Waals surface area contributed by atoms with Crippen molar-refractivity contribution in [1.82, 2.24) is 0 Å². The first kappa shape index (κ1) is 17.6. The number of Topliss-reactive ketones (excluding diaryl/α,β-unsaturated/α-hetero) is 1. The Morgan fingerprint density at radius 1 is 1.54 bits per heavy atom. The lowest BCUT2D eigenvalue weighted by Gasteiger charge is -2.19. The monoisotopic (exact) mass is 331 g/mol. The smallest absolute Gasteiger partial charge is 0.293 e. The number of guanidine groups is 1. The molecule has 8 nitrogen and oxygen atoms in total. The molecule has 8 heteroatoms. The van der Waals surface area contributed by atoms with Gasteiger partial charge in [0.1, 0.15) is 5.69 Å². The highest BCUT2D eigenvalue weighted by atomic mass is 16.6. The third kappa shape index (κ3) is 4.15. The number of nitrogens with two attached hydrogens (primary N) is 1. The van der Waals surface area contributed by atoms with E-state index in [4.69, 9.17) is 5.73 Å². The standard InChI is InChI=1S/C16H21N5O3/c1-3-6-18-16(17)20-13-5-4-11(8-14(13)21(23)24)15-10(2)7-12(22)9-19-15/h4-5,8,10H,3,6-7,9H2,1-2H3,(H3,17,18,20). The van der Waals surface area contributed by atoms with Gasteiger partial charge >= 0.3 is 0 Å². The number of hydrogen-bond acceptors (Lipinski definition) is 5. The van der Waals surface area contributed by atoms with Crippen molar-refractivity contribution in [3.05, 3.63) is 33.9 Å². The average Bonchev–Trinajstić information content (AvgIpc) is 2.53. The summed E-state index contributed by atoms with van der Waals surface area (Å²) in [6, 6.07) is 4.79. The molecule has 1 aromatic carbocycles. The van der Waals surface area contributed by atoms with Crippen LogP contribution in [0.3, 0.4) is 0 Å². The van der Waals surface area contributed by atoms with Gasteiger partial charge < -0.3 is 11.1 Å². The number of anilines is 1. The molecule has 0 amide bonds. The van der Waals surface area contributed by atoms with Crippen molar-refractivity contribution >= 4 is 28.8 Å². The SMILES string of the molecule is CCCN=C(N)Nc1ccc(C2=NCC(=O)CC2C)cc1[N+](=O)[O-]. The fraction of sp³-hybridized carbons (Fsp3) is 0.438. The van der Waals surface area contributed by atoms with Crippen LogP contribution in [0.2, 0.25) is 0 Å². The number of hydrogen-bond donors (Lipinski definition) is 2. The molecule has 0 saturated heterocycles. The number of rotatable bonds is 5. The molecule has 0 bridgehead atoms. The quantitative estimate of drug-likeness (QED) is 0.370. The maximum absolute atomic E-state index is 11.4. The van der Waals surface area contributed by atoms with E-state index < -0.39 is 4.92 Å². The van der Waals surface area contributed by atoms with Crippen molar-refractivity contribution in [1.29, 1.82) is 0 Å². The van der Waals surface area contributed by atoms with Gasteiger partial charge in [-0.05, 0) is 12.5 Å². The summed E-state index contributed by atoms with van der Waals surface area (Å²) >= 11 is 0. The Bertz CT molecular complexity index is 712. The van der Waals surface area contributed by atoms with Crippen molar-refractivity contribution < 1.29 is 9.72 Å². The minimum absolute atomic E-state index is 0.0548. The van der Waals surface area contributed by atoms with Gasteiger partial charge in [-0.2, -0.15) is 0 Å². The van der Waals surface area contributed by atoms with E-state index >= 15 is 0 Å². The lowest BCUT2D eigenvalue weighted by Crippen LogP contribution is -2.25. The second-order valence-corrected chi connectivity index (χ2v) is 5.73. The van der Waals surface area contributed by atoms with Crippen LogP contribution in [-0.2, 0) is 4.79 Å². The predicted octanol–water partition coefficient (Wildman–Crippen LogP) is 2.13. The average molecular weight is 331 g/mol. The fourth-order valence-corrected chi connectivity index (χ4v) is 2.57. The Labute approximate surface area is 140 Å². The van der Waals surface area contributed by atoms with E-state index in [1.54, 1.807) is 12.1 Å². The minimum Gasteiger partial charge on any atom is -0.370 e. The van der Waals surface area contributed by atoms with Gasteiger partial charge in [-0.3, -0.25) is 24.9 Å². The van der Waals surface area contributed by atoms with Crippen LogP contribution < -0.4 is 11.1 Å². The molecular formula is C16H21N5O3. The number of carbonyl (C=O) groups is 1. The summed E-state index contributed by atoms with van der Waals surface area (Å²) < 4.78 is 0. The van der Waals surface area contributed by atoms with Crippen LogP contribution in [0.1, 0.15) is 32.3 Å². The molecule has 1 heterocycles. The van der Waals surface area contributed by atoms with Gasteiger partial charge in [0.15, 0.2) is 11.7 Å². The third-order valence-electron chi connectivity index (χ3n) is 3.69. The van der Waals surface area contributed by atoms with Crippen LogP contribution in [0.5, 0.6) is 0 Å². The molecule has 1 atom stereocenters. The Morgan fingerprint density at radius 2 is 2.29 bits per heavy atom. The second-order valence-electron chi connectivity index (χ2n) is 5.73. The van der Waals surface area contributed by atoms with Crippen LogP contribution in [0, 0.1) is 16.0 Å². The summed E-state index contributed by atoms with van der Waals surface area (Å²) in [4.78, 5) is 30.7. The Balaban J connectivity index is 2.33. The van der Waals surface area contributed by atoms with E-state index in [0.29, 0.717) is 18.5 Å². The molecule has 1 aliphatic heterocycles. The number of ketones is 1. The molecule has 0 aromatic heterocycles. The van der Waals surface area contributed by atoms with Crippen LogP contribution in [0.4, 0.5) is 11.4 Å². The highest BCUT2D eigenvalue weighted by Gasteiger charge is 2.24. The largest absolute Gasteiger partial charge is 0.370 e. The normalized spacial score (nSPS) is 18.2. The maximum Gasteiger partial charge on any atom is 0.293 e. The molecule has 0 aliphatic carbocycles. The highest BCUT2D eigenvalue weighted by molar-refractivity contribution is 6.08. The van der Waals surface area contributed by atoms with Crippen molar-refractivity contribution in [2.45, 2.75) is 26.7 Å². The van der Waals surface area contributed by atoms with Crippen molar-refractivity contribution in [3.8, 4) is 0 Å². The van der Waals surface area contributed by atoms with Crippen molar-refractivity contribution in [2.75, 3.05) is 18.4 Å². The van der Waals surface area contributed by atoms with Gasteiger partial charge in [0.05, 0.1) is 11.5 Å². The first-order valence-electron chi connectivity index (χ1n) is 7.84. The first-order chi connectivity index (χ1) is 11.4. The second kappa shape index (κ2) is 7.67. The first-order valence-corrected chi connectivity index (χ1v) is 7.84. The number of nitrogens with one attached hydrogen (secondary N) is 1. The van der Waals surface area contributed by atoms with Crippen LogP contribution in [-0.4, -0.2) is 35.5 Å². The van der Waals surface area contributed by atoms with E-state index in [9.17, 15) is 14.9 Å². The molecule has 1 aliphatic rings. The molecule has 2 rings (SSSR count). The zero-order valence-corrected chi connectivity index (χ0v) is 13.8. The summed E-state index contributed by atoms with van der Waals surface area (Å²) in [5, 5.41) is 14.1. The summed E-state index contributed by atoms with van der Waals surface area (Å²) in [6.07, 6.45) is 1.24. The molecular weight excluding hydrogens is 310 g/mol. The lowest BCUT2D eigenvalue weighted by atomic mass is 9.91. The maximum atomic E-state index is 11.4. The third-order valence-corrected chi connectivity index (χ3v) is 3.69. The van der Waals surface area contributed by atoms with Crippen molar-refractivity contribution in [3.63, 3.8) is 0 Å². The van der Waals surface area contributed by atoms with Gasteiger partial charge in [-0.15, -0.1) is 0 Å². The fourth-order valence-electron chi connectivity index (χ4n) is 2.57. The summed E-state index contributed by atoms with van der Waals surface area (Å²) in [5.41, 5.74) is 7.28. The van der Waals surface area contributed by atoms with E-state index in [2.05, 4.69) is 15.3 Å². The van der Waals surface area contributed by atoms with Crippen LogP contribution >= 0.6 is 0 Å². The van der Waals surface area contributed by atoms with E-state index in [1.807, 2.05) is 13.8 Å². The van der Waals surface area contributed by atoms with Gasteiger partial charge in [0, 0.05) is 36.2 Å². The molecule has 0 spiro atoms. The summed E-state index contributed by atoms with van der Waals surface area (Å²) in [5.74, 6) is 0.168. The molecule has 3 N–H and O–H groups in total. The number of nitrogens with zero attached hydrogens (tertiary/aromatic N) is 3. The number of aliphatic imine (C=N–C) groups is 2. The molecule has 128 valence electrons. The Hall–Kier alpha value is -2.77. The van der Waals surface area contributed by atoms with Crippen molar-refractivity contribution in [2.24, 2.45) is 21.6 Å². The summed E-state index contributed by atoms with van der Waals surface area (Å²) in [7, 11) is 0. The Kier molecular flexibility index (Phi) is 5.62. The minimum atomic E-state index is -0.474. The van der Waals surface area contributed by atoms with Crippen LogP contribution in [0.25, 0.3) is 0 Å². The summed E-state index contributed by atoms with van der Waals surface area (Å²) in [6.45, 7) is 4.53. The molecule has 0 radical (unpaired) electrons. The zero-order valence-electron chi connectivity index (χ0n) is 13.8. The number of nitro groups is 1. The zero-order chi connectivity index (χ0) is 17.7. The number of nitro benzene ring substituents is 1. The molecule has 0 fully saturated rings. The number of carbonyl (C=O) groups excluding carboxylic acids is 1. The van der Waals surface area contributed by atoms with E-state index in [-0.39, 0.29) is 35.6 Å². The molecule has 1 unspecified atom stereocenters. The molecule has 1 aromatic rings. The Morgan fingerprint density at radius 3 is 2.92 bits per heavy atom. The lowest BCUT2D eigenvalue weighted by molar-refractivity contribution is -0.383. The number of benzene rings is 1. The predicted molar refractivity (Wildman–Crippen MR) is 93.7 cm³/mol. The molecule has 24 heavy (non-hydrogen) atoms.